The van der Waals surface area contributed by atoms with E-state index in [0.29, 0.717) is 0 Å². The normalized spacial score (nSPS) is 16.8. The minimum atomic E-state index is -2.50. The van der Waals surface area contributed by atoms with Gasteiger partial charge < -0.3 is 9.22 Å². The summed E-state index contributed by atoms with van der Waals surface area (Å²) in [6.45, 7) is 12.4. The Morgan fingerprint density at radius 1 is 0.889 bits per heavy atom. The fraction of sp³-hybridized carbons (Fsp3) is 0.435. The molecule has 0 aromatic heterocycles. The quantitative estimate of drug-likeness (QED) is 0.568. The van der Waals surface area contributed by atoms with Crippen LogP contribution in [-0.4, -0.2) is 44.2 Å². The van der Waals surface area contributed by atoms with Crippen molar-refractivity contribution >= 4 is 25.0 Å². The van der Waals surface area contributed by atoms with Gasteiger partial charge in [0.05, 0.1) is 11.6 Å². The zero-order valence-corrected chi connectivity index (χ0v) is 18.1. The van der Waals surface area contributed by atoms with Crippen LogP contribution in [0, 0.1) is 0 Å². The Morgan fingerprint density at radius 3 is 1.70 bits per heavy atom. The third-order valence-corrected chi connectivity index (χ3v) is 10.8. The average Bonchev–Trinajstić information content (AvgIpc) is 2.61. The van der Waals surface area contributed by atoms with Gasteiger partial charge in [-0.3, -0.25) is 4.90 Å². The van der Waals surface area contributed by atoms with Gasteiger partial charge in [0.1, 0.15) is 6.29 Å². The highest BCUT2D eigenvalue weighted by molar-refractivity contribution is 6.99. The maximum Gasteiger partial charge on any atom is 0.261 e. The minimum Gasteiger partial charge on any atom is -0.402 e. The summed E-state index contributed by atoms with van der Waals surface area (Å²) in [5, 5.41) is 2.59. The van der Waals surface area contributed by atoms with Crippen molar-refractivity contribution < 1.29 is 9.22 Å². The Morgan fingerprint density at radius 2 is 1.33 bits per heavy atom. The van der Waals surface area contributed by atoms with Crippen molar-refractivity contribution in [3.63, 3.8) is 0 Å². The number of carbonyl (C=O) groups excluding carboxylic acids is 1. The lowest BCUT2D eigenvalue weighted by molar-refractivity contribution is -0.123. The molecule has 0 bridgehead atoms. The average molecular weight is 382 g/mol. The van der Waals surface area contributed by atoms with Crippen LogP contribution < -0.4 is 10.4 Å². The van der Waals surface area contributed by atoms with Crippen LogP contribution in [0.5, 0.6) is 0 Å². The molecule has 1 heterocycles. The van der Waals surface area contributed by atoms with Crippen molar-refractivity contribution in [3.8, 4) is 0 Å². The molecule has 27 heavy (non-hydrogen) atoms. The Balaban J connectivity index is 2.00. The van der Waals surface area contributed by atoms with Crippen molar-refractivity contribution in [2.24, 2.45) is 0 Å². The lowest BCUT2D eigenvalue weighted by Crippen LogP contribution is -2.72. The Labute approximate surface area is 164 Å². The zero-order chi connectivity index (χ0) is 19.7. The summed E-state index contributed by atoms with van der Waals surface area (Å²) in [6, 6.07) is 21.4. The molecule has 1 aliphatic rings. The standard InChI is InChI=1S/C23H31NO2Si/c1-22(2,3)27(20-12-8-6-9-13-20,21-14-10-7-11-15-21)26-19-16-24(17-19)23(4,5)18-25/h6-15,18-19H,16-17H2,1-5H3. The lowest BCUT2D eigenvalue weighted by atomic mass is 9.99. The fourth-order valence-corrected chi connectivity index (χ4v) is 8.66. The molecular formula is C23H31NO2Si. The van der Waals surface area contributed by atoms with Crippen LogP contribution in [0.25, 0.3) is 0 Å². The molecule has 0 unspecified atom stereocenters. The highest BCUT2D eigenvalue weighted by atomic mass is 28.4. The van der Waals surface area contributed by atoms with Crippen LogP contribution in [0.3, 0.4) is 0 Å². The molecule has 0 N–H and O–H groups in total. The van der Waals surface area contributed by atoms with Gasteiger partial charge in [0.2, 0.25) is 0 Å². The molecule has 2 aromatic carbocycles. The van der Waals surface area contributed by atoms with Gasteiger partial charge in [-0.15, -0.1) is 0 Å². The Kier molecular flexibility index (Phi) is 5.44. The van der Waals surface area contributed by atoms with E-state index in [1.54, 1.807) is 0 Å². The van der Waals surface area contributed by atoms with Gasteiger partial charge in [0, 0.05) is 13.1 Å². The number of likely N-dealkylation sites (tertiary alicyclic amines) is 1. The molecule has 1 saturated heterocycles. The third kappa shape index (κ3) is 3.66. The summed E-state index contributed by atoms with van der Waals surface area (Å²) in [7, 11) is -2.50. The SMILES string of the molecule is CC(C)(C=O)N1CC(O[Si](c2ccccc2)(c2ccccc2)C(C)(C)C)C1. The summed E-state index contributed by atoms with van der Waals surface area (Å²) in [4.78, 5) is 13.6. The van der Waals surface area contributed by atoms with E-state index in [1.807, 2.05) is 13.8 Å². The summed E-state index contributed by atoms with van der Waals surface area (Å²) in [6.07, 6.45) is 1.18. The van der Waals surface area contributed by atoms with Crippen LogP contribution in [0.15, 0.2) is 60.7 Å². The van der Waals surface area contributed by atoms with Gasteiger partial charge in [-0.05, 0) is 29.3 Å². The molecule has 0 aliphatic carbocycles. The van der Waals surface area contributed by atoms with Gasteiger partial charge in [-0.25, -0.2) is 0 Å². The predicted molar refractivity (Wildman–Crippen MR) is 114 cm³/mol. The second-order valence-electron chi connectivity index (χ2n) is 9.08. The number of hydrogen-bond donors (Lipinski definition) is 0. The highest BCUT2D eigenvalue weighted by Gasteiger charge is 2.53. The second-order valence-corrected chi connectivity index (χ2v) is 13.3. The summed E-state index contributed by atoms with van der Waals surface area (Å²) in [5.74, 6) is 0. The third-order valence-electron chi connectivity index (χ3n) is 5.71. The zero-order valence-electron chi connectivity index (χ0n) is 17.1. The monoisotopic (exact) mass is 381 g/mol. The molecule has 1 aliphatic heterocycles. The van der Waals surface area contributed by atoms with E-state index in [0.717, 1.165) is 19.4 Å². The Hall–Kier alpha value is -1.75. The van der Waals surface area contributed by atoms with E-state index in [1.165, 1.54) is 10.4 Å². The molecule has 0 radical (unpaired) electrons. The second kappa shape index (κ2) is 7.34. The first-order valence-electron chi connectivity index (χ1n) is 9.71. The van der Waals surface area contributed by atoms with Crippen molar-refractivity contribution in [2.45, 2.75) is 51.3 Å². The predicted octanol–water partition coefficient (Wildman–Crippen LogP) is 3.22. The number of nitrogens with zero attached hydrogens (tertiary/aromatic N) is 1. The van der Waals surface area contributed by atoms with Gasteiger partial charge in [0.15, 0.2) is 0 Å². The first-order chi connectivity index (χ1) is 12.7. The van der Waals surface area contributed by atoms with Gasteiger partial charge in [0.25, 0.3) is 8.32 Å². The summed E-state index contributed by atoms with van der Waals surface area (Å²) < 4.78 is 7.06. The van der Waals surface area contributed by atoms with Gasteiger partial charge in [-0.2, -0.15) is 0 Å². The smallest absolute Gasteiger partial charge is 0.261 e. The first kappa shape index (κ1) is 20.0. The largest absolute Gasteiger partial charge is 0.402 e. The molecule has 1 fully saturated rings. The highest BCUT2D eigenvalue weighted by Crippen LogP contribution is 2.39. The number of carbonyl (C=O) groups is 1. The Bertz CT molecular complexity index is 722. The molecule has 0 atom stereocenters. The van der Waals surface area contributed by atoms with Crippen LogP contribution in [-0.2, 0) is 9.22 Å². The van der Waals surface area contributed by atoms with Crippen LogP contribution in [0.2, 0.25) is 5.04 Å². The minimum absolute atomic E-state index is 0.0176. The molecule has 3 nitrogen and oxygen atoms in total. The molecule has 0 amide bonds. The van der Waals surface area contributed by atoms with Crippen LogP contribution in [0.4, 0.5) is 0 Å². The molecule has 4 heteroatoms. The molecule has 0 spiro atoms. The topological polar surface area (TPSA) is 29.5 Å². The maximum absolute atomic E-state index is 11.4. The van der Waals surface area contributed by atoms with E-state index >= 15 is 0 Å². The first-order valence-corrected chi connectivity index (χ1v) is 11.6. The van der Waals surface area contributed by atoms with Crippen LogP contribution in [0.1, 0.15) is 34.6 Å². The lowest BCUT2D eigenvalue weighted by Gasteiger charge is -2.52. The molecule has 3 rings (SSSR count). The molecule has 2 aromatic rings. The fourth-order valence-electron chi connectivity index (χ4n) is 4.00. The number of aldehydes is 1. The van der Waals surface area contributed by atoms with E-state index in [2.05, 4.69) is 86.3 Å². The van der Waals surface area contributed by atoms with Crippen molar-refractivity contribution in [1.82, 2.24) is 4.90 Å². The molecule has 0 saturated carbocycles. The van der Waals surface area contributed by atoms with E-state index in [4.69, 9.17) is 4.43 Å². The summed E-state index contributed by atoms with van der Waals surface area (Å²) >= 11 is 0. The van der Waals surface area contributed by atoms with Crippen molar-refractivity contribution in [3.05, 3.63) is 60.7 Å². The molecular weight excluding hydrogens is 350 g/mol. The maximum atomic E-state index is 11.4. The van der Waals surface area contributed by atoms with Crippen molar-refractivity contribution in [2.75, 3.05) is 13.1 Å². The van der Waals surface area contributed by atoms with E-state index in [9.17, 15) is 4.79 Å². The number of benzene rings is 2. The summed E-state index contributed by atoms with van der Waals surface area (Å²) in [5.41, 5.74) is -0.425. The van der Waals surface area contributed by atoms with E-state index in [-0.39, 0.29) is 11.1 Å². The van der Waals surface area contributed by atoms with Crippen LogP contribution >= 0.6 is 0 Å². The number of hydrogen-bond acceptors (Lipinski definition) is 3. The van der Waals surface area contributed by atoms with E-state index < -0.39 is 13.9 Å². The molecule has 144 valence electrons. The number of rotatable bonds is 6. The van der Waals surface area contributed by atoms with Gasteiger partial charge >= 0.3 is 0 Å². The van der Waals surface area contributed by atoms with Crippen molar-refractivity contribution in [1.29, 1.82) is 0 Å². The van der Waals surface area contributed by atoms with Gasteiger partial charge in [-0.1, -0.05) is 81.4 Å².